The number of hydrogen-bond donors (Lipinski definition) is 0. The summed E-state index contributed by atoms with van der Waals surface area (Å²) < 4.78 is 11.5. The molecule has 1 saturated heterocycles. The van der Waals surface area contributed by atoms with Gasteiger partial charge in [0.2, 0.25) is 0 Å². The van der Waals surface area contributed by atoms with Crippen molar-refractivity contribution in [3.63, 3.8) is 0 Å². The molecule has 4 aromatic carbocycles. The molecule has 0 radical (unpaired) electrons. The molecule has 2 nitrogen and oxygen atoms in total. The average Bonchev–Trinajstić information content (AvgIpc) is 2.60. The molecule has 108 valence electrons. The lowest BCUT2D eigenvalue weighted by Crippen LogP contribution is -2.22. The predicted molar refractivity (Wildman–Crippen MR) is 89.7 cm³/mol. The van der Waals surface area contributed by atoms with Crippen LogP contribution in [0.1, 0.15) is 11.7 Å². The Kier molecular flexibility index (Phi) is 2.63. The molecule has 0 spiro atoms. The fourth-order valence-corrected chi connectivity index (χ4v) is 3.71. The van der Waals surface area contributed by atoms with E-state index in [1.54, 1.807) is 0 Å². The van der Waals surface area contributed by atoms with Crippen LogP contribution in [-0.2, 0) is 9.47 Å². The van der Waals surface area contributed by atoms with Crippen LogP contribution in [0.2, 0.25) is 0 Å². The van der Waals surface area contributed by atoms with Gasteiger partial charge in [0.05, 0.1) is 19.8 Å². The number of rotatable bonds is 1. The SMILES string of the molecule is c1cc2ccc3ccc(C4COCCO4)c4ccc(c1)c2c34. The largest absolute Gasteiger partial charge is 0.376 e. The van der Waals surface area contributed by atoms with Crippen molar-refractivity contribution in [3.05, 3.63) is 60.2 Å². The van der Waals surface area contributed by atoms with Gasteiger partial charge in [0.1, 0.15) is 6.10 Å². The van der Waals surface area contributed by atoms with Gasteiger partial charge in [0.15, 0.2) is 0 Å². The molecule has 0 amide bonds. The van der Waals surface area contributed by atoms with E-state index in [4.69, 9.17) is 9.47 Å². The maximum atomic E-state index is 5.93. The minimum atomic E-state index is 0.0401. The minimum Gasteiger partial charge on any atom is -0.376 e. The van der Waals surface area contributed by atoms with E-state index in [1.807, 2.05) is 0 Å². The quantitative estimate of drug-likeness (QED) is 0.474. The molecule has 0 aliphatic carbocycles. The van der Waals surface area contributed by atoms with Crippen molar-refractivity contribution < 1.29 is 9.47 Å². The molecule has 1 unspecified atom stereocenters. The van der Waals surface area contributed by atoms with Crippen LogP contribution in [0.5, 0.6) is 0 Å². The zero-order chi connectivity index (χ0) is 14.5. The molecule has 0 saturated carbocycles. The predicted octanol–water partition coefficient (Wildman–Crippen LogP) is 4.67. The Morgan fingerprint density at radius 2 is 1.45 bits per heavy atom. The van der Waals surface area contributed by atoms with Gasteiger partial charge in [-0.25, -0.2) is 0 Å². The van der Waals surface area contributed by atoms with Gasteiger partial charge in [-0.3, -0.25) is 0 Å². The lowest BCUT2D eigenvalue weighted by Gasteiger charge is -2.25. The molecule has 1 fully saturated rings. The highest BCUT2D eigenvalue weighted by molar-refractivity contribution is 6.23. The zero-order valence-electron chi connectivity index (χ0n) is 12.2. The van der Waals surface area contributed by atoms with E-state index in [2.05, 4.69) is 54.6 Å². The van der Waals surface area contributed by atoms with Gasteiger partial charge in [0, 0.05) is 0 Å². The maximum Gasteiger partial charge on any atom is 0.106 e. The summed E-state index contributed by atoms with van der Waals surface area (Å²) in [4.78, 5) is 0. The Balaban J connectivity index is 1.89. The van der Waals surface area contributed by atoms with E-state index in [1.165, 1.54) is 37.9 Å². The van der Waals surface area contributed by atoms with Crippen molar-refractivity contribution >= 4 is 32.3 Å². The van der Waals surface area contributed by atoms with Crippen molar-refractivity contribution in [2.24, 2.45) is 0 Å². The van der Waals surface area contributed by atoms with Gasteiger partial charge in [0.25, 0.3) is 0 Å². The van der Waals surface area contributed by atoms with Gasteiger partial charge in [-0.05, 0) is 37.9 Å². The first-order chi connectivity index (χ1) is 10.9. The first-order valence-electron chi connectivity index (χ1n) is 7.77. The Labute approximate surface area is 128 Å². The lowest BCUT2D eigenvalue weighted by molar-refractivity contribution is -0.0895. The molecule has 1 aliphatic heterocycles. The van der Waals surface area contributed by atoms with Gasteiger partial charge in [-0.15, -0.1) is 0 Å². The van der Waals surface area contributed by atoms with Gasteiger partial charge in [-0.1, -0.05) is 54.6 Å². The maximum absolute atomic E-state index is 5.93. The molecular formula is C20H16O2. The van der Waals surface area contributed by atoms with Gasteiger partial charge in [-0.2, -0.15) is 0 Å². The second-order valence-electron chi connectivity index (χ2n) is 5.95. The molecule has 0 N–H and O–H groups in total. The van der Waals surface area contributed by atoms with Gasteiger partial charge >= 0.3 is 0 Å². The molecule has 0 aromatic heterocycles. The summed E-state index contributed by atoms with van der Waals surface area (Å²) in [5, 5.41) is 7.89. The Morgan fingerprint density at radius 1 is 0.727 bits per heavy atom. The van der Waals surface area contributed by atoms with Crippen LogP contribution in [0.3, 0.4) is 0 Å². The highest BCUT2D eigenvalue weighted by Gasteiger charge is 2.20. The zero-order valence-corrected chi connectivity index (χ0v) is 12.2. The first-order valence-corrected chi connectivity index (χ1v) is 7.77. The normalized spacial score (nSPS) is 19.4. The smallest absolute Gasteiger partial charge is 0.106 e. The third-order valence-corrected chi connectivity index (χ3v) is 4.73. The third kappa shape index (κ3) is 1.68. The molecule has 1 heterocycles. The van der Waals surface area contributed by atoms with E-state index < -0.39 is 0 Å². The fraction of sp³-hybridized carbons (Fsp3) is 0.200. The molecule has 1 atom stereocenters. The molecule has 2 heteroatoms. The van der Waals surface area contributed by atoms with Crippen molar-refractivity contribution in [3.8, 4) is 0 Å². The van der Waals surface area contributed by atoms with Gasteiger partial charge < -0.3 is 9.47 Å². The van der Waals surface area contributed by atoms with Crippen LogP contribution in [0.25, 0.3) is 32.3 Å². The Morgan fingerprint density at radius 3 is 2.23 bits per heavy atom. The highest BCUT2D eigenvalue weighted by Crippen LogP contribution is 2.38. The minimum absolute atomic E-state index is 0.0401. The van der Waals surface area contributed by atoms with E-state index in [0.717, 1.165) is 0 Å². The number of hydrogen-bond acceptors (Lipinski definition) is 2. The summed E-state index contributed by atoms with van der Waals surface area (Å²) in [5.41, 5.74) is 1.24. The first kappa shape index (κ1) is 12.4. The van der Waals surface area contributed by atoms with E-state index in [9.17, 15) is 0 Å². The molecule has 1 aliphatic rings. The molecular weight excluding hydrogens is 272 g/mol. The second-order valence-corrected chi connectivity index (χ2v) is 5.95. The van der Waals surface area contributed by atoms with Crippen LogP contribution in [0, 0.1) is 0 Å². The van der Waals surface area contributed by atoms with E-state index in [0.29, 0.717) is 19.8 Å². The number of benzene rings is 4. The molecule has 5 rings (SSSR count). The van der Waals surface area contributed by atoms with E-state index >= 15 is 0 Å². The third-order valence-electron chi connectivity index (χ3n) is 4.73. The van der Waals surface area contributed by atoms with Crippen LogP contribution >= 0.6 is 0 Å². The topological polar surface area (TPSA) is 18.5 Å². The van der Waals surface area contributed by atoms with Crippen LogP contribution in [-0.4, -0.2) is 19.8 Å². The van der Waals surface area contributed by atoms with Crippen LogP contribution in [0.15, 0.2) is 54.6 Å². The monoisotopic (exact) mass is 288 g/mol. The average molecular weight is 288 g/mol. The van der Waals surface area contributed by atoms with Crippen molar-refractivity contribution in [2.75, 3.05) is 19.8 Å². The summed E-state index contributed by atoms with van der Waals surface area (Å²) in [7, 11) is 0. The summed E-state index contributed by atoms with van der Waals surface area (Å²) >= 11 is 0. The second kappa shape index (κ2) is 4.67. The Bertz CT molecular complexity index is 952. The Hall–Kier alpha value is -2.16. The lowest BCUT2D eigenvalue weighted by atomic mass is 9.90. The standard InChI is InChI=1S/C20H16O2/c1-2-13-4-5-15-6-8-16(18-12-21-10-11-22-18)17-9-7-14(3-1)19(13)20(15)17/h1-9,18H,10-12H2. The summed E-state index contributed by atoms with van der Waals surface area (Å²) in [6.07, 6.45) is 0.0401. The molecule has 0 bridgehead atoms. The van der Waals surface area contributed by atoms with Crippen molar-refractivity contribution in [1.29, 1.82) is 0 Å². The summed E-state index contributed by atoms with van der Waals surface area (Å²) in [6, 6.07) is 19.8. The van der Waals surface area contributed by atoms with E-state index in [-0.39, 0.29) is 6.10 Å². The fourth-order valence-electron chi connectivity index (χ4n) is 3.71. The van der Waals surface area contributed by atoms with Crippen molar-refractivity contribution in [1.82, 2.24) is 0 Å². The van der Waals surface area contributed by atoms with Crippen molar-refractivity contribution in [2.45, 2.75) is 6.10 Å². The summed E-state index contributed by atoms with van der Waals surface area (Å²) in [5.74, 6) is 0. The molecule has 22 heavy (non-hydrogen) atoms. The summed E-state index contributed by atoms with van der Waals surface area (Å²) in [6.45, 7) is 2.01. The molecule has 4 aromatic rings. The highest BCUT2D eigenvalue weighted by atomic mass is 16.6. The van der Waals surface area contributed by atoms with Crippen LogP contribution < -0.4 is 0 Å². The van der Waals surface area contributed by atoms with Crippen LogP contribution in [0.4, 0.5) is 0 Å². The number of ether oxygens (including phenoxy) is 2.